The van der Waals surface area contributed by atoms with E-state index in [9.17, 15) is 0 Å². The minimum absolute atomic E-state index is 0.270. The molecule has 9 aromatic carbocycles. The molecule has 0 bridgehead atoms. The van der Waals surface area contributed by atoms with Crippen LogP contribution in [0.5, 0.6) is 0 Å². The summed E-state index contributed by atoms with van der Waals surface area (Å²) >= 11 is 0. The molecule has 0 aromatic heterocycles. The van der Waals surface area contributed by atoms with Crippen molar-refractivity contribution in [2.24, 2.45) is 0 Å². The van der Waals surface area contributed by atoms with Crippen LogP contribution in [0.1, 0.15) is 45.9 Å². The largest absolute Gasteiger partial charge is 0.309 e. The van der Waals surface area contributed by atoms with E-state index < -0.39 is 5.41 Å². The van der Waals surface area contributed by atoms with Crippen LogP contribution in [0.15, 0.2) is 218 Å². The van der Waals surface area contributed by atoms with Gasteiger partial charge in [-0.15, -0.1) is 0 Å². The van der Waals surface area contributed by atoms with Crippen LogP contribution in [0, 0.1) is 0 Å². The second kappa shape index (κ2) is 12.5. The Hall–Kier alpha value is -6.96. The molecule has 2 aliphatic rings. The van der Waals surface area contributed by atoms with Crippen LogP contribution in [0.2, 0.25) is 0 Å². The van der Waals surface area contributed by atoms with E-state index in [1.807, 2.05) is 0 Å². The number of benzene rings is 9. The normalized spacial score (nSPS) is 15.8. The number of hydrogen-bond acceptors (Lipinski definition) is 1. The summed E-state index contributed by atoms with van der Waals surface area (Å²) in [5, 5.41) is 2.43. The van der Waals surface area contributed by atoms with E-state index in [2.05, 4.69) is 230 Å². The summed E-state index contributed by atoms with van der Waals surface area (Å²) in [7, 11) is 0. The van der Waals surface area contributed by atoms with E-state index in [4.69, 9.17) is 0 Å². The molecule has 0 radical (unpaired) electrons. The molecule has 56 heavy (non-hydrogen) atoms. The highest BCUT2D eigenvalue weighted by atomic mass is 15.1. The van der Waals surface area contributed by atoms with Crippen molar-refractivity contribution in [3.8, 4) is 22.3 Å². The zero-order valence-electron chi connectivity index (χ0n) is 31.2. The number of fused-ring (bicyclic) bond motifs is 7. The average molecular weight is 714 g/mol. The Morgan fingerprint density at radius 1 is 0.357 bits per heavy atom. The molecule has 0 N–H and O–H groups in total. The smallest absolute Gasteiger partial charge is 0.0714 e. The van der Waals surface area contributed by atoms with Gasteiger partial charge < -0.3 is 4.90 Å². The number of nitrogens with zero attached hydrogens (tertiary/aromatic N) is 1. The van der Waals surface area contributed by atoms with E-state index in [-0.39, 0.29) is 5.41 Å². The molecule has 1 heteroatoms. The minimum atomic E-state index is -0.497. The predicted octanol–water partition coefficient (Wildman–Crippen LogP) is 14.0. The third kappa shape index (κ3) is 4.49. The lowest BCUT2D eigenvalue weighted by molar-refractivity contribution is 0.714. The minimum Gasteiger partial charge on any atom is -0.309 e. The number of anilines is 3. The molecule has 0 spiro atoms. The quantitative estimate of drug-likeness (QED) is 0.166. The molecule has 1 atom stereocenters. The Labute approximate surface area is 328 Å². The molecule has 2 aliphatic carbocycles. The van der Waals surface area contributed by atoms with Gasteiger partial charge >= 0.3 is 0 Å². The third-order valence-electron chi connectivity index (χ3n) is 12.6. The van der Waals surface area contributed by atoms with Crippen molar-refractivity contribution in [2.45, 2.75) is 17.8 Å². The molecular weight excluding hydrogens is 675 g/mol. The van der Waals surface area contributed by atoms with Gasteiger partial charge in [-0.05, 0) is 92.2 Å². The van der Waals surface area contributed by atoms with Crippen LogP contribution < -0.4 is 4.90 Å². The lowest BCUT2D eigenvalue weighted by Gasteiger charge is -2.34. The molecule has 1 unspecified atom stereocenters. The summed E-state index contributed by atoms with van der Waals surface area (Å²) in [5.74, 6) is 0. The summed E-state index contributed by atoms with van der Waals surface area (Å²) in [4.78, 5) is 2.53. The molecule has 0 aliphatic heterocycles. The fourth-order valence-electron chi connectivity index (χ4n) is 10.2. The van der Waals surface area contributed by atoms with Crippen LogP contribution >= 0.6 is 0 Å². The molecule has 0 fully saturated rings. The topological polar surface area (TPSA) is 3.24 Å². The number of rotatable bonds is 6. The molecule has 0 saturated carbocycles. The summed E-state index contributed by atoms with van der Waals surface area (Å²) in [6, 6.07) is 80.9. The van der Waals surface area contributed by atoms with E-state index in [0.29, 0.717) is 0 Å². The second-order valence-corrected chi connectivity index (χ2v) is 15.3. The predicted molar refractivity (Wildman–Crippen MR) is 233 cm³/mol. The van der Waals surface area contributed by atoms with Crippen molar-refractivity contribution in [2.75, 3.05) is 4.90 Å². The Kier molecular flexibility index (Phi) is 7.28. The Morgan fingerprint density at radius 3 is 1.61 bits per heavy atom. The molecule has 264 valence electrons. The molecule has 0 amide bonds. The molecule has 0 heterocycles. The van der Waals surface area contributed by atoms with Crippen molar-refractivity contribution in [1.82, 2.24) is 0 Å². The van der Waals surface area contributed by atoms with Gasteiger partial charge in [-0.25, -0.2) is 0 Å². The molecule has 11 rings (SSSR count). The maximum Gasteiger partial charge on any atom is 0.0714 e. The van der Waals surface area contributed by atoms with Crippen LogP contribution in [-0.4, -0.2) is 0 Å². The van der Waals surface area contributed by atoms with E-state index in [0.717, 1.165) is 17.1 Å². The Balaban J connectivity index is 1.22. The standard InChI is InChI=1S/C55H39N/c1-54(39-21-5-2-6-22-39)47-30-15-13-28-44(47)46-37-42(35-36-48(46)54)56(51-33-17-20-38-19-11-12-27-43(38)51)52-34-18-32-50-53(52)45-29-14-16-31-49(45)55(50,40-23-7-3-8-24-40)41-25-9-4-10-26-41/h2-37H,1H3. The first-order chi connectivity index (χ1) is 27.7. The Morgan fingerprint density at radius 2 is 0.875 bits per heavy atom. The first-order valence-corrected chi connectivity index (χ1v) is 19.6. The van der Waals surface area contributed by atoms with Gasteiger partial charge in [-0.3, -0.25) is 0 Å². The average Bonchev–Trinajstić information content (AvgIpc) is 3.72. The van der Waals surface area contributed by atoms with Gasteiger partial charge in [0, 0.05) is 22.1 Å². The zero-order valence-corrected chi connectivity index (χ0v) is 31.2. The first kappa shape index (κ1) is 32.5. The fraction of sp³-hybridized carbons (Fsp3) is 0.0545. The van der Waals surface area contributed by atoms with E-state index in [1.54, 1.807) is 0 Å². The van der Waals surface area contributed by atoms with Crippen molar-refractivity contribution >= 4 is 27.8 Å². The highest BCUT2D eigenvalue weighted by Gasteiger charge is 2.47. The maximum absolute atomic E-state index is 2.53. The maximum atomic E-state index is 2.53. The van der Waals surface area contributed by atoms with E-state index >= 15 is 0 Å². The van der Waals surface area contributed by atoms with Crippen LogP contribution in [0.4, 0.5) is 17.1 Å². The lowest BCUT2D eigenvalue weighted by atomic mass is 9.68. The Bertz CT molecular complexity index is 2880. The van der Waals surface area contributed by atoms with Gasteiger partial charge in [0.2, 0.25) is 0 Å². The molecule has 1 nitrogen and oxygen atoms in total. The van der Waals surface area contributed by atoms with Crippen LogP contribution in [0.25, 0.3) is 33.0 Å². The summed E-state index contributed by atoms with van der Waals surface area (Å²) in [6.45, 7) is 2.39. The highest BCUT2D eigenvalue weighted by molar-refractivity contribution is 6.04. The molecule has 9 aromatic rings. The van der Waals surface area contributed by atoms with Gasteiger partial charge in [-0.1, -0.05) is 194 Å². The van der Waals surface area contributed by atoms with Crippen LogP contribution in [0.3, 0.4) is 0 Å². The van der Waals surface area contributed by atoms with Gasteiger partial charge in [0.1, 0.15) is 0 Å². The second-order valence-electron chi connectivity index (χ2n) is 15.3. The van der Waals surface area contributed by atoms with E-state index in [1.165, 1.54) is 72.0 Å². The van der Waals surface area contributed by atoms with Crippen molar-refractivity contribution in [3.05, 3.63) is 257 Å². The van der Waals surface area contributed by atoms with Gasteiger partial charge in [0.15, 0.2) is 0 Å². The lowest BCUT2D eigenvalue weighted by Crippen LogP contribution is -2.28. The van der Waals surface area contributed by atoms with Crippen molar-refractivity contribution in [1.29, 1.82) is 0 Å². The summed E-state index contributed by atoms with van der Waals surface area (Å²) in [5.41, 5.74) is 16.9. The van der Waals surface area contributed by atoms with Crippen molar-refractivity contribution < 1.29 is 0 Å². The highest BCUT2D eigenvalue weighted by Crippen LogP contribution is 2.60. The summed E-state index contributed by atoms with van der Waals surface area (Å²) in [6.07, 6.45) is 0. The third-order valence-corrected chi connectivity index (χ3v) is 12.6. The number of hydrogen-bond donors (Lipinski definition) is 0. The van der Waals surface area contributed by atoms with Gasteiger partial charge in [0.25, 0.3) is 0 Å². The molecule has 0 saturated heterocycles. The van der Waals surface area contributed by atoms with Crippen LogP contribution in [-0.2, 0) is 10.8 Å². The van der Waals surface area contributed by atoms with Crippen molar-refractivity contribution in [3.63, 3.8) is 0 Å². The first-order valence-electron chi connectivity index (χ1n) is 19.6. The van der Waals surface area contributed by atoms with Gasteiger partial charge in [0.05, 0.1) is 16.8 Å². The van der Waals surface area contributed by atoms with Gasteiger partial charge in [-0.2, -0.15) is 0 Å². The fourth-order valence-corrected chi connectivity index (χ4v) is 10.2. The summed E-state index contributed by atoms with van der Waals surface area (Å²) < 4.78 is 0. The molecular formula is C55H39N. The SMILES string of the molecule is CC1(c2ccccc2)c2ccccc2-c2cc(N(c3cccc4c3-c3ccccc3C4(c3ccccc3)c3ccccc3)c3cccc4ccccc34)ccc21. The monoisotopic (exact) mass is 713 g/mol. The zero-order chi connectivity index (χ0) is 37.3.